The smallest absolute Gasteiger partial charge is 0.130 e. The molecule has 3 rings (SSSR count). The van der Waals surface area contributed by atoms with E-state index in [0.717, 1.165) is 37.8 Å². The molecule has 0 saturated carbocycles. The van der Waals surface area contributed by atoms with Crippen molar-refractivity contribution in [2.75, 3.05) is 13.1 Å². The summed E-state index contributed by atoms with van der Waals surface area (Å²) in [4.78, 5) is 11.6. The van der Waals surface area contributed by atoms with E-state index in [1.165, 1.54) is 10.8 Å². The van der Waals surface area contributed by atoms with Crippen molar-refractivity contribution in [1.82, 2.24) is 5.32 Å². The van der Waals surface area contributed by atoms with Gasteiger partial charge >= 0.3 is 0 Å². The first kappa shape index (κ1) is 11.4. The molecule has 0 aliphatic carbocycles. The zero-order chi connectivity index (χ0) is 12.4. The van der Waals surface area contributed by atoms with Crippen molar-refractivity contribution in [2.45, 2.75) is 18.3 Å². The van der Waals surface area contributed by atoms with Gasteiger partial charge in [-0.25, -0.2) is 0 Å². The molecule has 0 bridgehead atoms. The van der Waals surface area contributed by atoms with Gasteiger partial charge in [0.05, 0.1) is 5.41 Å². The number of aldehydes is 1. The van der Waals surface area contributed by atoms with Crippen LogP contribution in [-0.4, -0.2) is 19.4 Å². The van der Waals surface area contributed by atoms with Gasteiger partial charge in [0, 0.05) is 0 Å². The van der Waals surface area contributed by atoms with Crippen LogP contribution in [0.3, 0.4) is 0 Å². The third-order valence-electron chi connectivity index (χ3n) is 4.05. The van der Waals surface area contributed by atoms with Crippen molar-refractivity contribution in [3.05, 3.63) is 48.0 Å². The minimum absolute atomic E-state index is 0.282. The fourth-order valence-corrected chi connectivity index (χ4v) is 2.85. The Kier molecular flexibility index (Phi) is 2.88. The first-order valence-electron chi connectivity index (χ1n) is 6.50. The highest BCUT2D eigenvalue weighted by atomic mass is 16.1. The Morgan fingerprint density at radius 1 is 1.00 bits per heavy atom. The minimum Gasteiger partial charge on any atom is -0.317 e. The van der Waals surface area contributed by atoms with Gasteiger partial charge in [-0.1, -0.05) is 42.5 Å². The number of carbonyl (C=O) groups is 1. The molecule has 1 saturated heterocycles. The number of hydrogen-bond acceptors (Lipinski definition) is 2. The third kappa shape index (κ3) is 1.83. The SMILES string of the molecule is O=CC1(c2ccc3ccccc3c2)CCNCC1. The fourth-order valence-electron chi connectivity index (χ4n) is 2.85. The fraction of sp³-hybridized carbons (Fsp3) is 0.312. The molecule has 0 spiro atoms. The van der Waals surface area contributed by atoms with Crippen LogP contribution in [0.25, 0.3) is 10.8 Å². The van der Waals surface area contributed by atoms with Crippen LogP contribution in [0.1, 0.15) is 18.4 Å². The van der Waals surface area contributed by atoms with E-state index in [1.54, 1.807) is 0 Å². The molecule has 2 nitrogen and oxygen atoms in total. The lowest BCUT2D eigenvalue weighted by molar-refractivity contribution is -0.113. The molecule has 1 aliphatic rings. The van der Waals surface area contributed by atoms with Gasteiger partial charge in [0.15, 0.2) is 0 Å². The van der Waals surface area contributed by atoms with Crippen molar-refractivity contribution in [3.63, 3.8) is 0 Å². The second-order valence-corrected chi connectivity index (χ2v) is 5.09. The summed E-state index contributed by atoms with van der Waals surface area (Å²) in [5.74, 6) is 0. The third-order valence-corrected chi connectivity index (χ3v) is 4.05. The largest absolute Gasteiger partial charge is 0.317 e. The Morgan fingerprint density at radius 2 is 1.72 bits per heavy atom. The number of carbonyl (C=O) groups excluding carboxylic acids is 1. The zero-order valence-electron chi connectivity index (χ0n) is 10.4. The van der Waals surface area contributed by atoms with E-state index in [-0.39, 0.29) is 5.41 Å². The molecule has 2 heteroatoms. The van der Waals surface area contributed by atoms with E-state index in [1.807, 2.05) is 12.1 Å². The van der Waals surface area contributed by atoms with Crippen LogP contribution in [0.4, 0.5) is 0 Å². The van der Waals surface area contributed by atoms with E-state index in [2.05, 4.69) is 35.6 Å². The Balaban J connectivity index is 2.09. The quantitative estimate of drug-likeness (QED) is 0.816. The minimum atomic E-state index is -0.282. The van der Waals surface area contributed by atoms with Crippen LogP contribution in [0, 0.1) is 0 Å². The van der Waals surface area contributed by atoms with Gasteiger partial charge in [0.1, 0.15) is 6.29 Å². The van der Waals surface area contributed by atoms with Crippen molar-refractivity contribution in [3.8, 4) is 0 Å². The molecule has 1 fully saturated rings. The van der Waals surface area contributed by atoms with Gasteiger partial charge in [-0.15, -0.1) is 0 Å². The number of benzene rings is 2. The van der Waals surface area contributed by atoms with Crippen molar-refractivity contribution in [2.24, 2.45) is 0 Å². The predicted molar refractivity (Wildman–Crippen MR) is 73.8 cm³/mol. The molecule has 92 valence electrons. The highest BCUT2D eigenvalue weighted by Crippen LogP contribution is 2.33. The molecule has 1 heterocycles. The van der Waals surface area contributed by atoms with Crippen LogP contribution in [0.5, 0.6) is 0 Å². The van der Waals surface area contributed by atoms with E-state index in [9.17, 15) is 4.79 Å². The first-order valence-corrected chi connectivity index (χ1v) is 6.50. The Labute approximate surface area is 107 Å². The summed E-state index contributed by atoms with van der Waals surface area (Å²) in [5, 5.41) is 5.77. The maximum atomic E-state index is 11.6. The summed E-state index contributed by atoms with van der Waals surface area (Å²) in [7, 11) is 0. The molecule has 0 aromatic heterocycles. The van der Waals surface area contributed by atoms with Gasteiger partial charge in [-0.3, -0.25) is 0 Å². The topological polar surface area (TPSA) is 29.1 Å². The lowest BCUT2D eigenvalue weighted by atomic mass is 9.74. The van der Waals surface area contributed by atoms with Crippen molar-refractivity contribution < 1.29 is 4.79 Å². The van der Waals surface area contributed by atoms with E-state index < -0.39 is 0 Å². The lowest BCUT2D eigenvalue weighted by Gasteiger charge is -2.33. The first-order chi connectivity index (χ1) is 8.84. The molecule has 1 aliphatic heterocycles. The van der Waals surface area contributed by atoms with E-state index in [4.69, 9.17) is 0 Å². The molecular formula is C16H17NO. The summed E-state index contributed by atoms with van der Waals surface area (Å²) in [5.41, 5.74) is 0.882. The zero-order valence-corrected chi connectivity index (χ0v) is 10.4. The van der Waals surface area contributed by atoms with E-state index >= 15 is 0 Å². The van der Waals surface area contributed by atoms with Crippen molar-refractivity contribution in [1.29, 1.82) is 0 Å². The average Bonchev–Trinajstić information content (AvgIpc) is 2.47. The Hall–Kier alpha value is -1.67. The van der Waals surface area contributed by atoms with Gasteiger partial charge in [0.25, 0.3) is 0 Å². The summed E-state index contributed by atoms with van der Waals surface area (Å²) >= 11 is 0. The van der Waals surface area contributed by atoms with Crippen LogP contribution >= 0.6 is 0 Å². The van der Waals surface area contributed by atoms with E-state index in [0.29, 0.717) is 0 Å². The molecule has 2 aromatic rings. The van der Waals surface area contributed by atoms with Crippen LogP contribution in [-0.2, 0) is 10.2 Å². The molecular weight excluding hydrogens is 222 g/mol. The lowest BCUT2D eigenvalue weighted by Crippen LogP contribution is -2.41. The molecule has 0 atom stereocenters. The number of nitrogens with one attached hydrogen (secondary N) is 1. The summed E-state index contributed by atoms with van der Waals surface area (Å²) < 4.78 is 0. The van der Waals surface area contributed by atoms with Crippen LogP contribution in [0.15, 0.2) is 42.5 Å². The highest BCUT2D eigenvalue weighted by Gasteiger charge is 2.33. The molecule has 1 N–H and O–H groups in total. The van der Waals surface area contributed by atoms with Crippen LogP contribution < -0.4 is 5.32 Å². The predicted octanol–water partition coefficient (Wildman–Crippen LogP) is 2.66. The molecule has 0 amide bonds. The monoisotopic (exact) mass is 239 g/mol. The standard InChI is InChI=1S/C16H17NO/c18-12-16(7-9-17-10-8-16)15-6-5-13-3-1-2-4-14(13)11-15/h1-6,11-12,17H,7-10H2. The molecule has 0 radical (unpaired) electrons. The summed E-state index contributed by atoms with van der Waals surface area (Å²) in [6.07, 6.45) is 2.95. The number of piperidine rings is 1. The van der Waals surface area contributed by atoms with Crippen molar-refractivity contribution >= 4 is 17.1 Å². The highest BCUT2D eigenvalue weighted by molar-refractivity contribution is 5.84. The Bertz CT molecular complexity index is 570. The second kappa shape index (κ2) is 4.54. The second-order valence-electron chi connectivity index (χ2n) is 5.09. The Morgan fingerprint density at radius 3 is 2.44 bits per heavy atom. The maximum Gasteiger partial charge on any atom is 0.130 e. The normalized spacial score (nSPS) is 18.7. The van der Waals surface area contributed by atoms with Gasteiger partial charge in [-0.2, -0.15) is 0 Å². The van der Waals surface area contributed by atoms with Gasteiger partial charge < -0.3 is 10.1 Å². The number of fused-ring (bicyclic) bond motifs is 1. The van der Waals surface area contributed by atoms with Crippen LogP contribution in [0.2, 0.25) is 0 Å². The molecule has 2 aromatic carbocycles. The maximum absolute atomic E-state index is 11.6. The summed E-state index contributed by atoms with van der Waals surface area (Å²) in [6, 6.07) is 14.7. The van der Waals surface area contributed by atoms with Gasteiger partial charge in [-0.05, 0) is 42.3 Å². The average molecular weight is 239 g/mol. The number of rotatable bonds is 2. The summed E-state index contributed by atoms with van der Waals surface area (Å²) in [6.45, 7) is 1.84. The molecule has 0 unspecified atom stereocenters. The van der Waals surface area contributed by atoms with Gasteiger partial charge in [0.2, 0.25) is 0 Å². The number of hydrogen-bond donors (Lipinski definition) is 1. The molecule has 18 heavy (non-hydrogen) atoms.